The number of halogens is 1. The topological polar surface area (TPSA) is 83.8 Å². The van der Waals surface area contributed by atoms with E-state index in [-0.39, 0.29) is 5.69 Å². The van der Waals surface area contributed by atoms with Gasteiger partial charge in [-0.25, -0.2) is 24.3 Å². The SMILES string of the molecule is CCC1Cc2nc3c(C)cc(-c4nc(Nc5ccc(N6CCNCC6)cn5)ncc4F)cc3n2C1. The van der Waals surface area contributed by atoms with Crippen LogP contribution in [0.25, 0.3) is 22.3 Å². The van der Waals surface area contributed by atoms with Crippen molar-refractivity contribution < 1.29 is 4.39 Å². The number of imidazole rings is 1. The van der Waals surface area contributed by atoms with E-state index >= 15 is 0 Å². The van der Waals surface area contributed by atoms with Gasteiger partial charge < -0.3 is 20.1 Å². The predicted molar refractivity (Wildman–Crippen MR) is 136 cm³/mol. The summed E-state index contributed by atoms with van der Waals surface area (Å²) in [5, 5.41) is 6.48. The summed E-state index contributed by atoms with van der Waals surface area (Å²) in [5.41, 5.74) is 5.13. The summed E-state index contributed by atoms with van der Waals surface area (Å²) < 4.78 is 17.2. The van der Waals surface area contributed by atoms with Gasteiger partial charge in [0, 0.05) is 44.7 Å². The molecule has 5 heterocycles. The molecule has 0 spiro atoms. The maximum absolute atomic E-state index is 14.9. The van der Waals surface area contributed by atoms with Crippen LogP contribution in [-0.4, -0.2) is 50.7 Å². The highest BCUT2D eigenvalue weighted by Crippen LogP contribution is 2.33. The number of hydrogen-bond acceptors (Lipinski definition) is 7. The van der Waals surface area contributed by atoms with Crippen LogP contribution in [0.1, 0.15) is 24.7 Å². The third kappa shape index (κ3) is 4.10. The van der Waals surface area contributed by atoms with Crippen molar-refractivity contribution in [2.24, 2.45) is 5.92 Å². The molecule has 1 unspecified atom stereocenters. The van der Waals surface area contributed by atoms with Gasteiger partial charge in [0.1, 0.15) is 17.3 Å². The minimum absolute atomic E-state index is 0.269. The fraction of sp³-hybridized carbons (Fsp3) is 0.385. The highest BCUT2D eigenvalue weighted by Gasteiger charge is 2.25. The molecule has 0 saturated carbocycles. The number of hydrogen-bond donors (Lipinski definition) is 2. The molecule has 1 aromatic carbocycles. The van der Waals surface area contributed by atoms with Gasteiger partial charge in [0.2, 0.25) is 5.95 Å². The van der Waals surface area contributed by atoms with E-state index in [1.807, 2.05) is 37.4 Å². The molecule has 1 saturated heterocycles. The van der Waals surface area contributed by atoms with Crippen LogP contribution < -0.4 is 15.5 Å². The lowest BCUT2D eigenvalue weighted by Gasteiger charge is -2.29. The number of aromatic nitrogens is 5. The van der Waals surface area contributed by atoms with Gasteiger partial charge in [-0.1, -0.05) is 13.3 Å². The molecule has 180 valence electrons. The number of aryl methyl sites for hydroxylation is 1. The average molecular weight is 473 g/mol. The second-order valence-electron chi connectivity index (χ2n) is 9.43. The van der Waals surface area contributed by atoms with Crippen LogP contribution in [0.3, 0.4) is 0 Å². The Morgan fingerprint density at radius 2 is 1.97 bits per heavy atom. The lowest BCUT2D eigenvalue weighted by molar-refractivity contribution is 0.502. The van der Waals surface area contributed by atoms with Crippen molar-refractivity contribution in [1.29, 1.82) is 0 Å². The van der Waals surface area contributed by atoms with Crippen LogP contribution in [0.15, 0.2) is 36.7 Å². The number of nitrogens with zero attached hydrogens (tertiary/aromatic N) is 6. The molecule has 0 radical (unpaired) electrons. The molecule has 6 rings (SSSR count). The summed E-state index contributed by atoms with van der Waals surface area (Å²) in [4.78, 5) is 20.4. The maximum Gasteiger partial charge on any atom is 0.229 e. The van der Waals surface area contributed by atoms with Crippen LogP contribution in [0, 0.1) is 18.7 Å². The molecule has 2 aliphatic heterocycles. The van der Waals surface area contributed by atoms with Crippen LogP contribution >= 0.6 is 0 Å². The van der Waals surface area contributed by atoms with Crippen molar-refractivity contribution in [3.8, 4) is 11.3 Å². The van der Waals surface area contributed by atoms with Crippen molar-refractivity contribution >= 4 is 28.5 Å². The van der Waals surface area contributed by atoms with Crippen LogP contribution in [0.4, 0.5) is 21.8 Å². The number of pyridine rings is 1. The quantitative estimate of drug-likeness (QED) is 0.453. The van der Waals surface area contributed by atoms with Crippen LogP contribution in [0.2, 0.25) is 0 Å². The molecule has 0 amide bonds. The fourth-order valence-corrected chi connectivity index (χ4v) is 5.11. The van der Waals surface area contributed by atoms with E-state index in [1.54, 1.807) is 0 Å². The van der Waals surface area contributed by atoms with E-state index in [0.717, 1.165) is 79.2 Å². The lowest BCUT2D eigenvalue weighted by Crippen LogP contribution is -2.43. The summed E-state index contributed by atoms with van der Waals surface area (Å²) in [6.45, 7) is 9.06. The summed E-state index contributed by atoms with van der Waals surface area (Å²) in [6.07, 6.45) is 5.19. The monoisotopic (exact) mass is 472 g/mol. The van der Waals surface area contributed by atoms with Crippen molar-refractivity contribution in [1.82, 2.24) is 29.8 Å². The van der Waals surface area contributed by atoms with Gasteiger partial charge in [-0.2, -0.15) is 0 Å². The van der Waals surface area contributed by atoms with Crippen LogP contribution in [0.5, 0.6) is 0 Å². The summed E-state index contributed by atoms with van der Waals surface area (Å²) in [6, 6.07) is 7.90. The third-order valence-corrected chi connectivity index (χ3v) is 7.10. The molecule has 4 aromatic rings. The molecular weight excluding hydrogens is 443 g/mol. The number of fused-ring (bicyclic) bond motifs is 3. The molecule has 1 atom stereocenters. The molecule has 35 heavy (non-hydrogen) atoms. The highest BCUT2D eigenvalue weighted by atomic mass is 19.1. The predicted octanol–water partition coefficient (Wildman–Crippen LogP) is 4.07. The van der Waals surface area contributed by atoms with Gasteiger partial charge >= 0.3 is 0 Å². The molecule has 2 aliphatic rings. The first-order chi connectivity index (χ1) is 17.1. The summed E-state index contributed by atoms with van der Waals surface area (Å²) in [7, 11) is 0. The fourth-order valence-electron chi connectivity index (χ4n) is 5.11. The van der Waals surface area contributed by atoms with E-state index in [9.17, 15) is 4.39 Å². The van der Waals surface area contributed by atoms with Gasteiger partial charge in [0.25, 0.3) is 0 Å². The van der Waals surface area contributed by atoms with Gasteiger partial charge in [0.05, 0.1) is 29.1 Å². The molecule has 1 fully saturated rings. The van der Waals surface area contributed by atoms with E-state index in [1.165, 1.54) is 6.20 Å². The Bertz CT molecular complexity index is 1370. The van der Waals surface area contributed by atoms with Gasteiger partial charge in [0.15, 0.2) is 5.82 Å². The molecule has 0 aliphatic carbocycles. The van der Waals surface area contributed by atoms with Crippen molar-refractivity contribution in [2.75, 3.05) is 36.4 Å². The van der Waals surface area contributed by atoms with E-state index in [2.05, 4.69) is 42.0 Å². The van der Waals surface area contributed by atoms with Gasteiger partial charge in [-0.15, -0.1) is 0 Å². The zero-order valence-corrected chi connectivity index (χ0v) is 20.1. The van der Waals surface area contributed by atoms with E-state index in [4.69, 9.17) is 4.98 Å². The Morgan fingerprint density at radius 3 is 2.74 bits per heavy atom. The first kappa shape index (κ1) is 21.9. The largest absolute Gasteiger partial charge is 0.368 e. The standard InChI is InChI=1S/C26H29FN8/c1-3-17-11-23-32-24-16(2)10-18(12-21(24)35(23)15-17)25-20(27)14-30-26(33-25)31-22-5-4-19(13-29-22)34-8-6-28-7-9-34/h4-5,10,12-14,17,28H,3,6-9,11,15H2,1-2H3,(H,29,30,31,33). The normalized spacial score (nSPS) is 17.7. The Hall–Kier alpha value is -3.59. The molecular formula is C26H29FN8. The van der Waals surface area contributed by atoms with Crippen molar-refractivity contribution in [2.45, 2.75) is 33.2 Å². The number of benzene rings is 1. The molecule has 0 bridgehead atoms. The van der Waals surface area contributed by atoms with Crippen molar-refractivity contribution in [3.63, 3.8) is 0 Å². The summed E-state index contributed by atoms with van der Waals surface area (Å²) >= 11 is 0. The van der Waals surface area contributed by atoms with Gasteiger partial charge in [-0.3, -0.25) is 0 Å². The molecule has 3 aromatic heterocycles. The molecule has 2 N–H and O–H groups in total. The number of piperazine rings is 1. The van der Waals surface area contributed by atoms with Crippen molar-refractivity contribution in [3.05, 3.63) is 53.9 Å². The second-order valence-corrected chi connectivity index (χ2v) is 9.43. The number of anilines is 3. The van der Waals surface area contributed by atoms with E-state index < -0.39 is 5.82 Å². The first-order valence-corrected chi connectivity index (χ1v) is 12.3. The summed E-state index contributed by atoms with van der Waals surface area (Å²) in [5.74, 6) is 2.21. The third-order valence-electron chi connectivity index (χ3n) is 7.10. The van der Waals surface area contributed by atoms with E-state index in [0.29, 0.717) is 17.7 Å². The smallest absolute Gasteiger partial charge is 0.229 e. The first-order valence-electron chi connectivity index (χ1n) is 12.3. The zero-order valence-electron chi connectivity index (χ0n) is 20.1. The number of nitrogens with one attached hydrogen (secondary N) is 2. The minimum Gasteiger partial charge on any atom is -0.368 e. The Labute approximate surface area is 203 Å². The number of rotatable bonds is 5. The van der Waals surface area contributed by atoms with Gasteiger partial charge in [-0.05, 0) is 42.7 Å². The van der Waals surface area contributed by atoms with Crippen LogP contribution in [-0.2, 0) is 13.0 Å². The second kappa shape index (κ2) is 8.88. The molecule has 8 nitrogen and oxygen atoms in total. The Balaban J connectivity index is 1.29. The Kier molecular flexibility index (Phi) is 5.56. The zero-order chi connectivity index (χ0) is 23.9. The average Bonchev–Trinajstić information content (AvgIpc) is 3.45. The highest BCUT2D eigenvalue weighted by molar-refractivity contribution is 5.85. The molecule has 9 heteroatoms. The minimum atomic E-state index is -0.455. The maximum atomic E-state index is 14.9. The lowest BCUT2D eigenvalue weighted by atomic mass is 10.0. The Morgan fingerprint density at radius 1 is 1.11 bits per heavy atom.